The largest absolute Gasteiger partial charge is 0.394 e. The molecule has 6 heteroatoms. The third-order valence-electron chi connectivity index (χ3n) is 5.26. The van der Waals surface area contributed by atoms with E-state index in [1.165, 1.54) is 0 Å². The van der Waals surface area contributed by atoms with Crippen molar-refractivity contribution in [3.63, 3.8) is 0 Å². The number of allylic oxidation sites excluding steroid dienone is 4. The van der Waals surface area contributed by atoms with Gasteiger partial charge in [0.2, 0.25) is 11.8 Å². The van der Waals surface area contributed by atoms with Crippen molar-refractivity contribution in [2.24, 2.45) is 5.41 Å². The fourth-order valence-electron chi connectivity index (χ4n) is 3.75. The van der Waals surface area contributed by atoms with Gasteiger partial charge >= 0.3 is 0 Å². The number of nitrogens with zero attached hydrogens (tertiary/aromatic N) is 1. The molecule has 0 bridgehead atoms. The van der Waals surface area contributed by atoms with E-state index in [1.807, 2.05) is 65.0 Å². The molecule has 0 aliphatic carbocycles. The lowest BCUT2D eigenvalue weighted by atomic mass is 9.91. The van der Waals surface area contributed by atoms with Gasteiger partial charge in [-0.05, 0) is 35.0 Å². The average Bonchev–Trinajstić information content (AvgIpc) is 3.26. The molecule has 2 atom stereocenters. The van der Waals surface area contributed by atoms with Crippen LogP contribution in [0.25, 0.3) is 5.57 Å². The first-order chi connectivity index (χ1) is 15.6. The smallest absolute Gasteiger partial charge is 0.243 e. The van der Waals surface area contributed by atoms with E-state index in [2.05, 4.69) is 34.4 Å². The predicted molar refractivity (Wildman–Crippen MR) is 141 cm³/mol. The molecule has 0 aromatic heterocycles. The van der Waals surface area contributed by atoms with Crippen LogP contribution in [-0.2, 0) is 9.59 Å². The maximum Gasteiger partial charge on any atom is 0.243 e. The molecule has 0 radical (unpaired) electrons. The normalized spacial score (nSPS) is 17.0. The summed E-state index contributed by atoms with van der Waals surface area (Å²) in [7, 11) is 0. The summed E-state index contributed by atoms with van der Waals surface area (Å²) in [4.78, 5) is 27.3. The lowest BCUT2D eigenvalue weighted by Gasteiger charge is -2.29. The maximum atomic E-state index is 13.0. The second kappa shape index (κ2) is 13.5. The summed E-state index contributed by atoms with van der Waals surface area (Å²) in [5.74, 6) is -0.212. The van der Waals surface area contributed by atoms with Gasteiger partial charge in [-0.15, -0.1) is 0 Å². The van der Waals surface area contributed by atoms with Gasteiger partial charge in [-0.25, -0.2) is 0 Å². The highest BCUT2D eigenvalue weighted by Gasteiger charge is 2.36. The Kier molecular flexibility index (Phi) is 11.8. The van der Waals surface area contributed by atoms with Crippen LogP contribution in [0.3, 0.4) is 0 Å². The number of aliphatic hydroxyl groups excluding tert-OH is 1. The Morgan fingerprint density at radius 1 is 1.27 bits per heavy atom. The molecule has 1 aliphatic rings. The van der Waals surface area contributed by atoms with Crippen LogP contribution in [0, 0.1) is 5.41 Å². The molecule has 1 aliphatic heterocycles. The van der Waals surface area contributed by atoms with Gasteiger partial charge in [0.25, 0.3) is 0 Å². The lowest BCUT2D eigenvalue weighted by Crippen LogP contribution is -2.48. The Labute approximate surface area is 207 Å². The first-order valence-electron chi connectivity index (χ1n) is 11.6. The van der Waals surface area contributed by atoms with Crippen LogP contribution in [0.15, 0.2) is 54.1 Å². The predicted octanol–water partition coefficient (Wildman–Crippen LogP) is 5.77. The third-order valence-corrected chi connectivity index (χ3v) is 5.68. The van der Waals surface area contributed by atoms with Gasteiger partial charge < -0.3 is 15.3 Å². The van der Waals surface area contributed by atoms with Crippen molar-refractivity contribution in [1.29, 1.82) is 0 Å². The van der Waals surface area contributed by atoms with Crippen molar-refractivity contribution in [1.82, 2.24) is 10.2 Å². The Balaban J connectivity index is 0.00000265. The molecular weight excluding hydrogens is 480 g/mol. The lowest BCUT2D eigenvalue weighted by molar-refractivity contribution is -0.140. The summed E-state index contributed by atoms with van der Waals surface area (Å²) in [6, 6.07) is 6.56. The summed E-state index contributed by atoms with van der Waals surface area (Å²) >= 11 is 3.41. The molecule has 1 fully saturated rings. The van der Waals surface area contributed by atoms with Gasteiger partial charge in [-0.3, -0.25) is 9.59 Å². The SMILES string of the molecule is C=C/C=C(\C(=C)Br)c1ccc(C(CO)NC(=O)C2CCCN2C(=O)CC(C)(C)C)cc1.CC. The number of nitrogens with one attached hydrogen (secondary N) is 1. The van der Waals surface area contributed by atoms with E-state index in [1.54, 1.807) is 11.0 Å². The Bertz CT molecular complexity index is 853. The molecule has 0 spiro atoms. The number of carbonyl (C=O) groups is 2. The van der Waals surface area contributed by atoms with Crippen LogP contribution in [-0.4, -0.2) is 41.0 Å². The van der Waals surface area contributed by atoms with Gasteiger partial charge in [-0.1, -0.05) is 100 Å². The van der Waals surface area contributed by atoms with E-state index < -0.39 is 12.1 Å². The highest BCUT2D eigenvalue weighted by molar-refractivity contribution is 9.12. The summed E-state index contributed by atoms with van der Waals surface area (Å²) in [5.41, 5.74) is 2.52. The second-order valence-corrected chi connectivity index (χ2v) is 10.0. The number of hydrogen-bond donors (Lipinski definition) is 2. The van der Waals surface area contributed by atoms with Crippen molar-refractivity contribution in [2.45, 2.75) is 66.0 Å². The van der Waals surface area contributed by atoms with Gasteiger partial charge in [0.05, 0.1) is 12.6 Å². The molecule has 2 unspecified atom stereocenters. The summed E-state index contributed by atoms with van der Waals surface area (Å²) in [6.07, 6.45) is 5.41. The van der Waals surface area contributed by atoms with Crippen LogP contribution < -0.4 is 5.32 Å². The number of benzene rings is 1. The van der Waals surface area contributed by atoms with E-state index in [0.29, 0.717) is 19.4 Å². The molecule has 0 saturated carbocycles. The van der Waals surface area contributed by atoms with Crippen molar-refractivity contribution in [3.8, 4) is 0 Å². The minimum Gasteiger partial charge on any atom is -0.394 e. The van der Waals surface area contributed by atoms with Crippen LogP contribution >= 0.6 is 15.9 Å². The van der Waals surface area contributed by atoms with Crippen LogP contribution in [0.2, 0.25) is 0 Å². The summed E-state index contributed by atoms with van der Waals surface area (Å²) in [5, 5.41) is 12.8. The number of rotatable bonds is 8. The minimum atomic E-state index is -0.541. The average molecular weight is 520 g/mol. The second-order valence-electron chi connectivity index (χ2n) is 9.07. The van der Waals surface area contributed by atoms with Crippen LogP contribution in [0.4, 0.5) is 0 Å². The van der Waals surface area contributed by atoms with Crippen LogP contribution in [0.1, 0.15) is 71.0 Å². The Morgan fingerprint density at radius 2 is 1.88 bits per heavy atom. The molecule has 1 heterocycles. The van der Waals surface area contributed by atoms with E-state index >= 15 is 0 Å². The number of likely N-dealkylation sites (tertiary alicyclic amines) is 1. The number of amides is 2. The number of carbonyl (C=O) groups excluding carboxylic acids is 2. The van der Waals surface area contributed by atoms with Gasteiger partial charge in [0.15, 0.2) is 0 Å². The molecule has 182 valence electrons. The molecule has 5 nitrogen and oxygen atoms in total. The first-order valence-corrected chi connectivity index (χ1v) is 12.3. The number of hydrogen-bond acceptors (Lipinski definition) is 3. The molecule has 33 heavy (non-hydrogen) atoms. The quantitative estimate of drug-likeness (QED) is 0.429. The van der Waals surface area contributed by atoms with Gasteiger partial charge in [0.1, 0.15) is 6.04 Å². The van der Waals surface area contributed by atoms with Gasteiger partial charge in [-0.2, -0.15) is 0 Å². The zero-order chi connectivity index (χ0) is 25.2. The minimum absolute atomic E-state index is 0.00610. The van der Waals surface area contributed by atoms with Crippen molar-refractivity contribution >= 4 is 33.3 Å². The fraction of sp³-hybridized carbons (Fsp3) is 0.481. The first kappa shape index (κ1) is 28.9. The standard InChI is InChI=1S/C25H33BrN2O3.C2H6/c1-6-8-20(17(2)26)18-10-12-19(13-11-18)21(16-29)27-24(31)22-9-7-14-28(22)23(30)15-25(3,4)5;1-2/h6,8,10-13,21-22,29H,1-2,7,9,14-16H2,3-5H3,(H,27,31);1-2H3/b20-8+;. The van der Waals surface area contributed by atoms with E-state index in [0.717, 1.165) is 27.6 Å². The molecular formula is C27H39BrN2O3. The van der Waals surface area contributed by atoms with Crippen LogP contribution in [0.5, 0.6) is 0 Å². The van der Waals surface area contributed by atoms with Crippen molar-refractivity contribution in [3.05, 3.63) is 65.2 Å². The third kappa shape index (κ3) is 8.59. The van der Waals surface area contributed by atoms with E-state index in [9.17, 15) is 14.7 Å². The van der Waals surface area contributed by atoms with E-state index in [-0.39, 0.29) is 23.8 Å². The maximum absolute atomic E-state index is 13.0. The molecule has 1 aromatic carbocycles. The summed E-state index contributed by atoms with van der Waals surface area (Å²) < 4.78 is 0.744. The molecule has 1 aromatic rings. The monoisotopic (exact) mass is 518 g/mol. The fourth-order valence-corrected chi connectivity index (χ4v) is 4.11. The topological polar surface area (TPSA) is 69.6 Å². The van der Waals surface area contributed by atoms with Gasteiger partial charge in [0, 0.05) is 17.4 Å². The zero-order valence-corrected chi connectivity index (χ0v) is 22.2. The summed E-state index contributed by atoms with van der Waals surface area (Å²) in [6.45, 7) is 18.1. The highest BCUT2D eigenvalue weighted by atomic mass is 79.9. The molecule has 2 N–H and O–H groups in total. The highest BCUT2D eigenvalue weighted by Crippen LogP contribution is 2.28. The molecule has 2 amide bonds. The Morgan fingerprint density at radius 3 is 2.36 bits per heavy atom. The Hall–Kier alpha value is -2.18. The van der Waals surface area contributed by atoms with Crippen molar-refractivity contribution in [2.75, 3.05) is 13.2 Å². The van der Waals surface area contributed by atoms with Crippen molar-refractivity contribution < 1.29 is 14.7 Å². The zero-order valence-electron chi connectivity index (χ0n) is 20.7. The molecule has 2 rings (SSSR count). The number of halogens is 1. The number of aliphatic hydroxyl groups is 1. The van der Waals surface area contributed by atoms with E-state index in [4.69, 9.17) is 0 Å². The molecule has 1 saturated heterocycles.